The van der Waals surface area contributed by atoms with Crippen LogP contribution in [-0.4, -0.2) is 15.6 Å². The van der Waals surface area contributed by atoms with Crippen LogP contribution in [0.3, 0.4) is 0 Å². The van der Waals surface area contributed by atoms with Crippen molar-refractivity contribution in [3.05, 3.63) is 53.9 Å². The third-order valence-electron chi connectivity index (χ3n) is 3.62. The molecule has 1 heterocycles. The number of ketones is 1. The zero-order valence-electron chi connectivity index (χ0n) is 12.0. The molecule has 4 nitrogen and oxygen atoms in total. The molecule has 20 heavy (non-hydrogen) atoms. The summed E-state index contributed by atoms with van der Waals surface area (Å²) in [5, 5.41) is 4.18. The molecule has 2 unspecified atom stereocenters. The van der Waals surface area contributed by atoms with E-state index in [1.54, 1.807) is 6.20 Å². The maximum absolute atomic E-state index is 12.3. The molecule has 2 aromatic rings. The van der Waals surface area contributed by atoms with Crippen LogP contribution in [-0.2, 0) is 17.8 Å². The Morgan fingerprint density at radius 2 is 2.05 bits per heavy atom. The molecule has 1 aromatic heterocycles. The van der Waals surface area contributed by atoms with E-state index in [4.69, 9.17) is 5.73 Å². The Balaban J connectivity index is 2.01. The molecular formula is C16H21N3O. The number of Topliss-reactive ketones (excluding diaryl/α,β-unsaturated/α-hetero) is 1. The molecule has 0 spiro atoms. The fourth-order valence-corrected chi connectivity index (χ4v) is 2.20. The van der Waals surface area contributed by atoms with Gasteiger partial charge in [0.05, 0.1) is 6.20 Å². The standard InChI is InChI=1S/C16H21N3O/c1-3-19-11-13(10-18-19)9-15(20)12(2)16(17)14-7-5-4-6-8-14/h4-8,10-12,16H,3,9,17H2,1-2H3. The minimum Gasteiger partial charge on any atom is -0.323 e. The maximum atomic E-state index is 12.3. The summed E-state index contributed by atoms with van der Waals surface area (Å²) in [6, 6.07) is 9.49. The van der Waals surface area contributed by atoms with E-state index in [1.165, 1.54) is 0 Å². The van der Waals surface area contributed by atoms with Gasteiger partial charge >= 0.3 is 0 Å². The number of benzene rings is 1. The Morgan fingerprint density at radius 1 is 1.35 bits per heavy atom. The van der Waals surface area contributed by atoms with Crippen molar-refractivity contribution in [3.63, 3.8) is 0 Å². The van der Waals surface area contributed by atoms with Gasteiger partial charge in [-0.1, -0.05) is 37.3 Å². The van der Waals surface area contributed by atoms with Gasteiger partial charge in [0.2, 0.25) is 0 Å². The van der Waals surface area contributed by atoms with E-state index in [9.17, 15) is 4.79 Å². The molecule has 0 aliphatic carbocycles. The molecule has 0 aliphatic rings. The number of carbonyl (C=O) groups excluding carboxylic acids is 1. The molecule has 0 saturated heterocycles. The minimum atomic E-state index is -0.259. The Kier molecular flexibility index (Phi) is 4.69. The number of hydrogen-bond acceptors (Lipinski definition) is 3. The molecule has 0 radical (unpaired) electrons. The normalized spacial score (nSPS) is 13.9. The SMILES string of the molecule is CCn1cc(CC(=O)C(C)C(N)c2ccccc2)cn1. The summed E-state index contributed by atoms with van der Waals surface area (Å²) < 4.78 is 1.82. The average Bonchev–Trinajstić information content (AvgIpc) is 2.94. The summed E-state index contributed by atoms with van der Waals surface area (Å²) >= 11 is 0. The molecule has 4 heteroatoms. The van der Waals surface area contributed by atoms with Gasteiger partial charge in [-0.15, -0.1) is 0 Å². The van der Waals surface area contributed by atoms with Crippen LogP contribution in [0.2, 0.25) is 0 Å². The summed E-state index contributed by atoms with van der Waals surface area (Å²) in [5.41, 5.74) is 8.13. The molecule has 106 valence electrons. The van der Waals surface area contributed by atoms with Gasteiger partial charge in [0, 0.05) is 31.1 Å². The molecule has 0 saturated carbocycles. The largest absolute Gasteiger partial charge is 0.323 e. The predicted octanol–water partition coefficient (Wildman–Crippen LogP) is 2.35. The second-order valence-corrected chi connectivity index (χ2v) is 5.07. The lowest BCUT2D eigenvalue weighted by atomic mass is 9.89. The lowest BCUT2D eigenvalue weighted by Gasteiger charge is -2.18. The van der Waals surface area contributed by atoms with Gasteiger partial charge in [-0.25, -0.2) is 0 Å². The number of carbonyl (C=O) groups is 1. The van der Waals surface area contributed by atoms with Gasteiger partial charge in [-0.3, -0.25) is 9.48 Å². The van der Waals surface area contributed by atoms with Crippen molar-refractivity contribution in [3.8, 4) is 0 Å². The Labute approximate surface area is 119 Å². The number of aromatic nitrogens is 2. The Bertz CT molecular complexity index is 562. The van der Waals surface area contributed by atoms with E-state index in [1.807, 2.05) is 55.1 Å². The third kappa shape index (κ3) is 3.33. The van der Waals surface area contributed by atoms with Gasteiger partial charge in [0.15, 0.2) is 0 Å². The van der Waals surface area contributed by atoms with E-state index in [0.29, 0.717) is 6.42 Å². The van der Waals surface area contributed by atoms with Crippen LogP contribution in [0.4, 0.5) is 0 Å². The number of rotatable bonds is 6. The molecule has 2 atom stereocenters. The van der Waals surface area contributed by atoms with Gasteiger partial charge in [0.1, 0.15) is 5.78 Å². The van der Waals surface area contributed by atoms with Gasteiger partial charge in [-0.05, 0) is 18.1 Å². The maximum Gasteiger partial charge on any atom is 0.142 e. The van der Waals surface area contributed by atoms with Crippen molar-refractivity contribution in [2.75, 3.05) is 0 Å². The highest BCUT2D eigenvalue weighted by atomic mass is 16.1. The van der Waals surface area contributed by atoms with Crippen LogP contribution in [0.5, 0.6) is 0 Å². The van der Waals surface area contributed by atoms with Crippen LogP contribution in [0.25, 0.3) is 0 Å². The third-order valence-corrected chi connectivity index (χ3v) is 3.62. The van der Waals surface area contributed by atoms with Crippen LogP contribution in [0.1, 0.15) is 31.0 Å². The lowest BCUT2D eigenvalue weighted by molar-refractivity contribution is -0.122. The molecule has 1 aromatic carbocycles. The lowest BCUT2D eigenvalue weighted by Crippen LogP contribution is -2.27. The summed E-state index contributed by atoms with van der Waals surface area (Å²) in [5.74, 6) is -0.0561. The highest BCUT2D eigenvalue weighted by molar-refractivity contribution is 5.83. The predicted molar refractivity (Wildman–Crippen MR) is 79.1 cm³/mol. The first-order chi connectivity index (χ1) is 9.61. The van der Waals surface area contributed by atoms with Gasteiger partial charge in [-0.2, -0.15) is 5.10 Å². The number of aryl methyl sites for hydroxylation is 1. The van der Waals surface area contributed by atoms with E-state index < -0.39 is 0 Å². The summed E-state index contributed by atoms with van der Waals surface area (Å²) in [6.45, 7) is 4.73. The topological polar surface area (TPSA) is 60.9 Å². The van der Waals surface area contributed by atoms with Crippen LogP contribution in [0.15, 0.2) is 42.7 Å². The number of nitrogens with zero attached hydrogens (tertiary/aromatic N) is 2. The van der Waals surface area contributed by atoms with Crippen molar-refractivity contribution < 1.29 is 4.79 Å². The smallest absolute Gasteiger partial charge is 0.142 e. The molecule has 2 rings (SSSR count). The van der Waals surface area contributed by atoms with E-state index in [-0.39, 0.29) is 17.7 Å². The van der Waals surface area contributed by atoms with Crippen molar-refractivity contribution >= 4 is 5.78 Å². The zero-order chi connectivity index (χ0) is 14.5. The van der Waals surface area contributed by atoms with Crippen LogP contribution < -0.4 is 5.73 Å². The fraction of sp³-hybridized carbons (Fsp3) is 0.375. The first-order valence-electron chi connectivity index (χ1n) is 6.96. The van der Waals surface area contributed by atoms with Crippen molar-refractivity contribution in [2.45, 2.75) is 32.9 Å². The van der Waals surface area contributed by atoms with Gasteiger partial charge in [0.25, 0.3) is 0 Å². The highest BCUT2D eigenvalue weighted by Gasteiger charge is 2.22. The van der Waals surface area contributed by atoms with Crippen molar-refractivity contribution in [1.82, 2.24) is 9.78 Å². The quantitative estimate of drug-likeness (QED) is 0.877. The summed E-state index contributed by atoms with van der Waals surface area (Å²) in [7, 11) is 0. The van der Waals surface area contributed by atoms with Crippen LogP contribution in [0, 0.1) is 5.92 Å². The first-order valence-corrected chi connectivity index (χ1v) is 6.96. The Hall–Kier alpha value is -1.94. The Morgan fingerprint density at radius 3 is 2.65 bits per heavy atom. The molecule has 2 N–H and O–H groups in total. The second-order valence-electron chi connectivity index (χ2n) is 5.07. The molecule has 0 fully saturated rings. The van der Waals surface area contributed by atoms with Crippen LogP contribution >= 0.6 is 0 Å². The minimum absolute atomic E-state index is 0.150. The van der Waals surface area contributed by atoms with E-state index in [0.717, 1.165) is 17.7 Å². The molecule has 0 bridgehead atoms. The van der Waals surface area contributed by atoms with Crippen molar-refractivity contribution in [1.29, 1.82) is 0 Å². The molecule has 0 amide bonds. The first kappa shape index (κ1) is 14.5. The second kappa shape index (κ2) is 6.48. The van der Waals surface area contributed by atoms with Crippen molar-refractivity contribution in [2.24, 2.45) is 11.7 Å². The number of nitrogens with two attached hydrogens (primary N) is 1. The molecule has 0 aliphatic heterocycles. The fourth-order valence-electron chi connectivity index (χ4n) is 2.20. The highest BCUT2D eigenvalue weighted by Crippen LogP contribution is 2.21. The number of hydrogen-bond donors (Lipinski definition) is 1. The zero-order valence-corrected chi connectivity index (χ0v) is 12.0. The van der Waals surface area contributed by atoms with Gasteiger partial charge < -0.3 is 5.73 Å². The average molecular weight is 271 g/mol. The van der Waals surface area contributed by atoms with E-state index >= 15 is 0 Å². The van der Waals surface area contributed by atoms with E-state index in [2.05, 4.69) is 5.10 Å². The summed E-state index contributed by atoms with van der Waals surface area (Å²) in [6.07, 6.45) is 4.06. The monoisotopic (exact) mass is 271 g/mol. The molecular weight excluding hydrogens is 250 g/mol. The summed E-state index contributed by atoms with van der Waals surface area (Å²) in [4.78, 5) is 12.3.